The Balaban J connectivity index is 3.14. The fourth-order valence-corrected chi connectivity index (χ4v) is 2.53. The molecule has 0 bridgehead atoms. The summed E-state index contributed by atoms with van der Waals surface area (Å²) in [6.45, 7) is 1.64. The van der Waals surface area contributed by atoms with Crippen LogP contribution in [0.15, 0.2) is 18.2 Å². The Morgan fingerprint density at radius 3 is 2.61 bits per heavy atom. The van der Waals surface area contributed by atoms with Crippen molar-refractivity contribution in [1.82, 2.24) is 5.32 Å². The summed E-state index contributed by atoms with van der Waals surface area (Å²) in [7, 11) is -3.21. The average Bonchev–Trinajstić information content (AvgIpc) is 2.13. The molecular formula is C11H16N2O4S. The molecule has 0 fully saturated rings. The number of hydrogen-bond donors (Lipinski definition) is 3. The highest BCUT2D eigenvalue weighted by molar-refractivity contribution is 7.89. The first kappa shape index (κ1) is 14.3. The highest BCUT2D eigenvalue weighted by atomic mass is 32.2. The van der Waals surface area contributed by atoms with E-state index in [1.807, 2.05) is 0 Å². The van der Waals surface area contributed by atoms with Gasteiger partial charge in [0.05, 0.1) is 11.8 Å². The number of anilines is 1. The summed E-state index contributed by atoms with van der Waals surface area (Å²) in [6, 6.07) is 4.30. The molecule has 4 N–H and O–H groups in total. The molecule has 0 heterocycles. The van der Waals surface area contributed by atoms with Gasteiger partial charge in [-0.3, -0.25) is 0 Å². The number of benzene rings is 1. The molecule has 0 aromatic heterocycles. The summed E-state index contributed by atoms with van der Waals surface area (Å²) in [6.07, 6.45) is -0.0421. The summed E-state index contributed by atoms with van der Waals surface area (Å²) in [4.78, 5) is 10.6. The molecule has 0 saturated heterocycles. The van der Waals surface area contributed by atoms with Crippen molar-refractivity contribution in [1.29, 1.82) is 0 Å². The molecule has 0 spiro atoms. The minimum atomic E-state index is -3.21. The van der Waals surface area contributed by atoms with E-state index in [1.54, 1.807) is 25.1 Å². The van der Waals surface area contributed by atoms with Gasteiger partial charge in [-0.25, -0.2) is 13.2 Å². The van der Waals surface area contributed by atoms with Gasteiger partial charge in [-0.05, 0) is 30.2 Å². The number of carbonyl (C=O) groups is 1. The lowest BCUT2D eigenvalue weighted by Gasteiger charge is -2.16. The molecule has 6 nitrogen and oxygen atoms in total. The second kappa shape index (κ2) is 5.26. The fraction of sp³-hybridized carbons (Fsp3) is 0.364. The molecule has 0 radical (unpaired) electrons. The number of nitrogens with two attached hydrogens (primary N) is 1. The zero-order chi connectivity index (χ0) is 13.9. The van der Waals surface area contributed by atoms with Crippen LogP contribution in [0.25, 0.3) is 0 Å². The fourth-order valence-electron chi connectivity index (χ4n) is 1.72. The molecule has 1 atom stereocenters. The molecule has 1 aromatic carbocycles. The van der Waals surface area contributed by atoms with E-state index in [0.717, 1.165) is 6.26 Å². The molecule has 1 aromatic rings. The molecule has 100 valence electrons. The predicted octanol–water partition coefficient (Wildman–Crippen LogP) is 1.14. The normalized spacial score (nSPS) is 13.0. The van der Waals surface area contributed by atoms with Crippen LogP contribution in [0, 0.1) is 0 Å². The molecular weight excluding hydrogens is 256 g/mol. The van der Waals surface area contributed by atoms with E-state index in [0.29, 0.717) is 16.8 Å². The van der Waals surface area contributed by atoms with Crippen molar-refractivity contribution in [3.05, 3.63) is 29.3 Å². The standard InChI is InChI=1S/C11H16N2O4S/c1-7(13-11(14)15)10-4-3-9(12)5-8(10)6-18(2,16)17/h3-5,7,13H,6,12H2,1-2H3,(H,14,15)/t7-/m1/s1. The number of hydrogen-bond acceptors (Lipinski definition) is 4. The summed E-state index contributed by atoms with van der Waals surface area (Å²) in [5.74, 6) is -0.168. The summed E-state index contributed by atoms with van der Waals surface area (Å²) >= 11 is 0. The Bertz CT molecular complexity index is 554. The van der Waals surface area contributed by atoms with Gasteiger partial charge in [0.1, 0.15) is 0 Å². The molecule has 0 aliphatic rings. The van der Waals surface area contributed by atoms with Crippen molar-refractivity contribution in [2.45, 2.75) is 18.7 Å². The van der Waals surface area contributed by atoms with Crippen molar-refractivity contribution in [2.75, 3.05) is 12.0 Å². The van der Waals surface area contributed by atoms with Crippen LogP contribution in [0.3, 0.4) is 0 Å². The summed E-state index contributed by atoms with van der Waals surface area (Å²) in [5.41, 5.74) is 7.18. The molecule has 1 amide bonds. The smallest absolute Gasteiger partial charge is 0.405 e. The van der Waals surface area contributed by atoms with Crippen molar-refractivity contribution in [3.63, 3.8) is 0 Å². The maximum Gasteiger partial charge on any atom is 0.405 e. The van der Waals surface area contributed by atoms with Crippen LogP contribution >= 0.6 is 0 Å². The first-order chi connectivity index (χ1) is 8.19. The Hall–Kier alpha value is -1.76. The second-order valence-corrected chi connectivity index (χ2v) is 6.34. The number of amides is 1. The Morgan fingerprint density at radius 2 is 2.11 bits per heavy atom. The largest absolute Gasteiger partial charge is 0.465 e. The van der Waals surface area contributed by atoms with Gasteiger partial charge in [-0.1, -0.05) is 6.07 Å². The quantitative estimate of drug-likeness (QED) is 0.712. The molecule has 0 saturated carbocycles. The van der Waals surface area contributed by atoms with Crippen molar-refractivity contribution in [2.24, 2.45) is 0 Å². The zero-order valence-corrected chi connectivity index (χ0v) is 11.0. The van der Waals surface area contributed by atoms with E-state index in [1.165, 1.54) is 0 Å². The maximum atomic E-state index is 11.3. The predicted molar refractivity (Wildman–Crippen MR) is 69.0 cm³/mol. The van der Waals surface area contributed by atoms with Crippen molar-refractivity contribution in [3.8, 4) is 0 Å². The topological polar surface area (TPSA) is 109 Å². The Kier molecular flexibility index (Phi) is 4.18. The van der Waals surface area contributed by atoms with E-state index in [2.05, 4.69) is 5.32 Å². The third-order valence-corrected chi connectivity index (χ3v) is 3.23. The lowest BCUT2D eigenvalue weighted by Crippen LogP contribution is -2.25. The van der Waals surface area contributed by atoms with Gasteiger partial charge in [0.25, 0.3) is 0 Å². The van der Waals surface area contributed by atoms with Gasteiger partial charge >= 0.3 is 6.09 Å². The monoisotopic (exact) mass is 272 g/mol. The number of carboxylic acid groups (broad SMARTS) is 1. The number of rotatable bonds is 4. The Morgan fingerprint density at radius 1 is 1.50 bits per heavy atom. The molecule has 0 unspecified atom stereocenters. The minimum Gasteiger partial charge on any atom is -0.465 e. The Labute approximate surface area is 106 Å². The highest BCUT2D eigenvalue weighted by Crippen LogP contribution is 2.22. The van der Waals surface area contributed by atoms with Gasteiger partial charge in [0.2, 0.25) is 0 Å². The van der Waals surface area contributed by atoms with Crippen LogP contribution in [0.4, 0.5) is 10.5 Å². The number of nitrogens with one attached hydrogen (secondary N) is 1. The molecule has 0 aliphatic heterocycles. The van der Waals surface area contributed by atoms with Crippen molar-refractivity contribution < 1.29 is 18.3 Å². The van der Waals surface area contributed by atoms with Gasteiger partial charge in [0, 0.05) is 11.9 Å². The van der Waals surface area contributed by atoms with E-state index in [4.69, 9.17) is 10.8 Å². The first-order valence-corrected chi connectivity index (χ1v) is 7.30. The molecule has 0 aliphatic carbocycles. The van der Waals surface area contributed by atoms with E-state index in [9.17, 15) is 13.2 Å². The van der Waals surface area contributed by atoms with Gasteiger partial charge in [-0.2, -0.15) is 0 Å². The SMILES string of the molecule is C[C@@H](NC(=O)O)c1ccc(N)cc1CS(C)(=O)=O. The van der Waals surface area contributed by atoms with Crippen LogP contribution in [0.5, 0.6) is 0 Å². The molecule has 18 heavy (non-hydrogen) atoms. The third-order valence-electron chi connectivity index (χ3n) is 2.39. The van der Waals surface area contributed by atoms with Crippen molar-refractivity contribution >= 4 is 21.6 Å². The second-order valence-electron chi connectivity index (χ2n) is 4.20. The molecule has 1 rings (SSSR count). The van der Waals surface area contributed by atoms with Crippen LogP contribution in [0.1, 0.15) is 24.1 Å². The number of sulfone groups is 1. The highest BCUT2D eigenvalue weighted by Gasteiger charge is 2.16. The van der Waals surface area contributed by atoms with Crippen LogP contribution in [-0.2, 0) is 15.6 Å². The van der Waals surface area contributed by atoms with E-state index >= 15 is 0 Å². The lowest BCUT2D eigenvalue weighted by molar-refractivity contribution is 0.191. The zero-order valence-electron chi connectivity index (χ0n) is 10.2. The van der Waals surface area contributed by atoms with E-state index < -0.39 is 22.0 Å². The maximum absolute atomic E-state index is 11.3. The summed E-state index contributed by atoms with van der Waals surface area (Å²) < 4.78 is 22.7. The van der Waals surface area contributed by atoms with Gasteiger partial charge in [-0.15, -0.1) is 0 Å². The van der Waals surface area contributed by atoms with Gasteiger partial charge < -0.3 is 16.2 Å². The van der Waals surface area contributed by atoms with Gasteiger partial charge in [0.15, 0.2) is 9.84 Å². The van der Waals surface area contributed by atoms with Crippen LogP contribution in [0.2, 0.25) is 0 Å². The third kappa shape index (κ3) is 4.25. The minimum absolute atomic E-state index is 0.168. The summed E-state index contributed by atoms with van der Waals surface area (Å²) in [5, 5.41) is 11.0. The van der Waals surface area contributed by atoms with E-state index in [-0.39, 0.29) is 5.75 Å². The molecule has 7 heteroatoms. The number of nitrogen functional groups attached to an aromatic ring is 1. The van der Waals surface area contributed by atoms with Crippen LogP contribution < -0.4 is 11.1 Å². The van der Waals surface area contributed by atoms with Crippen LogP contribution in [-0.4, -0.2) is 25.9 Å². The average molecular weight is 272 g/mol. The lowest BCUT2D eigenvalue weighted by atomic mass is 10.0. The first-order valence-electron chi connectivity index (χ1n) is 5.24.